The number of fused-ring (bicyclic) bond motifs is 3. The van der Waals surface area contributed by atoms with E-state index in [1.54, 1.807) is 27.8 Å². The van der Waals surface area contributed by atoms with Crippen molar-refractivity contribution < 1.29 is 28.8 Å². The van der Waals surface area contributed by atoms with Crippen molar-refractivity contribution in [2.24, 2.45) is 17.3 Å². The Bertz CT molecular complexity index is 1000. The lowest BCUT2D eigenvalue weighted by Crippen LogP contribution is -2.49. The van der Waals surface area contributed by atoms with Crippen LogP contribution >= 0.6 is 0 Å². The van der Waals surface area contributed by atoms with E-state index in [2.05, 4.69) is 10.9 Å². The minimum absolute atomic E-state index is 0.00381. The molecule has 10 nitrogen and oxygen atoms in total. The van der Waals surface area contributed by atoms with Gasteiger partial charge in [-0.2, -0.15) is 0 Å². The molecule has 1 aliphatic heterocycles. The lowest BCUT2D eigenvalue weighted by atomic mass is 9.72. The molecule has 1 spiro atoms. The van der Waals surface area contributed by atoms with Crippen molar-refractivity contribution in [2.75, 3.05) is 13.6 Å². The Morgan fingerprint density at radius 2 is 1.83 bits per heavy atom. The van der Waals surface area contributed by atoms with Crippen LogP contribution < -0.4 is 10.9 Å². The fourth-order valence-electron chi connectivity index (χ4n) is 5.14. The Morgan fingerprint density at radius 1 is 1.14 bits per heavy atom. The summed E-state index contributed by atoms with van der Waals surface area (Å²) in [6, 6.07) is 9.66. The van der Waals surface area contributed by atoms with Crippen LogP contribution in [0.4, 0.5) is 4.79 Å². The van der Waals surface area contributed by atoms with Crippen molar-refractivity contribution in [3.8, 4) is 0 Å². The molecule has 0 radical (unpaired) electrons. The quantitative estimate of drug-likeness (QED) is 0.556. The smallest absolute Gasteiger partial charge is 0.410 e. The highest BCUT2D eigenvalue weighted by atomic mass is 16.7. The van der Waals surface area contributed by atoms with Crippen molar-refractivity contribution in [1.82, 2.24) is 20.8 Å². The van der Waals surface area contributed by atoms with Crippen LogP contribution in [0.1, 0.15) is 58.4 Å². The summed E-state index contributed by atoms with van der Waals surface area (Å²) < 4.78 is 5.26. The van der Waals surface area contributed by atoms with Crippen LogP contribution in [0.5, 0.6) is 0 Å². The van der Waals surface area contributed by atoms with E-state index in [4.69, 9.17) is 9.57 Å². The number of benzene rings is 1. The molecule has 3 atom stereocenters. The predicted molar refractivity (Wildman–Crippen MR) is 130 cm³/mol. The molecule has 1 aromatic rings. The van der Waals surface area contributed by atoms with E-state index in [9.17, 15) is 19.2 Å². The van der Waals surface area contributed by atoms with Crippen molar-refractivity contribution in [3.63, 3.8) is 0 Å². The second kappa shape index (κ2) is 10.1. The molecule has 2 saturated carbocycles. The van der Waals surface area contributed by atoms with Gasteiger partial charge < -0.3 is 9.64 Å². The molecule has 2 N–H and O–H groups in total. The maximum atomic E-state index is 13.2. The highest BCUT2D eigenvalue weighted by molar-refractivity contribution is 5.91. The number of hydroxylamine groups is 2. The number of nitrogens with zero attached hydrogens (tertiary/aromatic N) is 2. The number of nitrogens with one attached hydrogen (secondary N) is 2. The minimum atomic E-state index is -0.626. The van der Waals surface area contributed by atoms with E-state index in [0.29, 0.717) is 19.4 Å². The van der Waals surface area contributed by atoms with Crippen LogP contribution in [0.25, 0.3) is 0 Å². The highest BCUT2D eigenvalue weighted by Gasteiger charge is 2.65. The topological polar surface area (TPSA) is 117 Å². The number of amides is 4. The van der Waals surface area contributed by atoms with E-state index in [1.807, 2.05) is 30.3 Å². The molecule has 4 amide bonds. The maximum absolute atomic E-state index is 13.2. The van der Waals surface area contributed by atoms with Gasteiger partial charge in [-0.3, -0.25) is 30.1 Å². The van der Waals surface area contributed by atoms with Gasteiger partial charge in [-0.25, -0.2) is 9.86 Å². The molecule has 4 rings (SSSR count). The highest BCUT2D eigenvalue weighted by Crippen LogP contribution is 2.63. The second-order valence-corrected chi connectivity index (χ2v) is 11.1. The van der Waals surface area contributed by atoms with Gasteiger partial charge in [-0.15, -0.1) is 0 Å². The Kier molecular flexibility index (Phi) is 7.26. The lowest BCUT2D eigenvalue weighted by Gasteiger charge is -2.34. The van der Waals surface area contributed by atoms with Crippen LogP contribution in [-0.4, -0.2) is 59.0 Å². The van der Waals surface area contributed by atoms with Gasteiger partial charge >= 0.3 is 6.09 Å². The first-order valence-corrected chi connectivity index (χ1v) is 12.5. The van der Waals surface area contributed by atoms with Crippen LogP contribution in [0, 0.1) is 17.3 Å². The molecule has 196 valence electrons. The fourth-order valence-corrected chi connectivity index (χ4v) is 5.14. The van der Waals surface area contributed by atoms with Crippen LogP contribution in [0.2, 0.25) is 0 Å². The van der Waals surface area contributed by atoms with E-state index in [0.717, 1.165) is 18.4 Å². The molecule has 1 heterocycles. The number of hydrogen-bond acceptors (Lipinski definition) is 6. The molecule has 2 aliphatic carbocycles. The van der Waals surface area contributed by atoms with Crippen LogP contribution in [-0.2, 0) is 30.6 Å². The number of rotatable bonds is 7. The molecule has 0 aromatic heterocycles. The van der Waals surface area contributed by atoms with Gasteiger partial charge in [-0.1, -0.05) is 30.3 Å². The van der Waals surface area contributed by atoms with Crippen molar-refractivity contribution in [2.45, 2.75) is 71.1 Å². The third-order valence-electron chi connectivity index (χ3n) is 7.26. The molecule has 3 aliphatic rings. The van der Waals surface area contributed by atoms with Gasteiger partial charge in [0, 0.05) is 20.0 Å². The summed E-state index contributed by atoms with van der Waals surface area (Å²) in [5, 5.41) is 1.52. The fraction of sp³-hybridized carbons (Fsp3) is 0.615. The van der Waals surface area contributed by atoms with E-state index in [-0.39, 0.29) is 36.2 Å². The first-order valence-electron chi connectivity index (χ1n) is 12.5. The molecule has 1 aromatic carbocycles. The molecular weight excluding hydrogens is 464 g/mol. The monoisotopic (exact) mass is 500 g/mol. The third-order valence-corrected chi connectivity index (χ3v) is 7.26. The average Bonchev–Trinajstić information content (AvgIpc) is 3.54. The predicted octanol–water partition coefficient (Wildman–Crippen LogP) is 2.54. The molecule has 1 unspecified atom stereocenters. The normalized spacial score (nSPS) is 23.8. The van der Waals surface area contributed by atoms with Gasteiger partial charge in [0.1, 0.15) is 12.2 Å². The van der Waals surface area contributed by atoms with Crippen molar-refractivity contribution in [1.29, 1.82) is 0 Å². The summed E-state index contributed by atoms with van der Waals surface area (Å²) in [4.78, 5) is 57.8. The SMILES string of the molecule is CN(CCC(=O)NNC(=O)[C@@H]1CC2(CC2)[C@H]2CC1C(=O)N2OCc1ccccc1)C(=O)OC(C)(C)C. The zero-order valence-electron chi connectivity index (χ0n) is 21.4. The van der Waals surface area contributed by atoms with Gasteiger partial charge in [0.05, 0.1) is 17.9 Å². The summed E-state index contributed by atoms with van der Waals surface area (Å²) in [5.41, 5.74) is 5.18. The first kappa shape index (κ1) is 25.9. The molecule has 3 fully saturated rings. The average molecular weight is 501 g/mol. The molecular formula is C26H36N4O6. The first-order chi connectivity index (χ1) is 17.0. The van der Waals surface area contributed by atoms with E-state index in [1.165, 1.54) is 9.96 Å². The summed E-state index contributed by atoms with van der Waals surface area (Å²) in [6.07, 6.45) is 2.56. The largest absolute Gasteiger partial charge is 0.444 e. The van der Waals surface area contributed by atoms with Crippen molar-refractivity contribution in [3.05, 3.63) is 35.9 Å². The minimum Gasteiger partial charge on any atom is -0.444 e. The Morgan fingerprint density at radius 3 is 2.47 bits per heavy atom. The number of ether oxygens (including phenoxy) is 1. The Labute approximate surface area is 211 Å². The zero-order chi connectivity index (χ0) is 26.1. The van der Waals surface area contributed by atoms with Gasteiger partial charge in [0.2, 0.25) is 17.7 Å². The summed E-state index contributed by atoms with van der Waals surface area (Å²) in [6.45, 7) is 5.74. The number of carbonyl (C=O) groups is 4. The maximum Gasteiger partial charge on any atom is 0.410 e. The standard InChI is InChI=1S/C26H36N4O6/c1-25(2,3)36-24(34)29(4)13-10-21(31)27-28-22(32)19-15-26(11-12-26)20-14-18(19)23(33)30(20)35-16-17-8-6-5-7-9-17/h5-9,18-20H,10-16H2,1-4H3,(H,27,31)(H,28,32)/t18?,19-,20-/m1/s1. The van der Waals surface area contributed by atoms with E-state index >= 15 is 0 Å². The molecule has 2 bridgehead atoms. The van der Waals surface area contributed by atoms with Crippen LogP contribution in [0.3, 0.4) is 0 Å². The lowest BCUT2D eigenvalue weighted by molar-refractivity contribution is -0.201. The van der Waals surface area contributed by atoms with Crippen molar-refractivity contribution >= 4 is 23.8 Å². The number of hydrogen-bond donors (Lipinski definition) is 2. The third kappa shape index (κ3) is 5.80. The van der Waals surface area contributed by atoms with Crippen LogP contribution in [0.15, 0.2) is 30.3 Å². The molecule has 10 heteroatoms. The summed E-state index contributed by atoms with van der Waals surface area (Å²) in [7, 11) is 1.55. The number of hydrazine groups is 1. The Hall–Kier alpha value is -3.14. The zero-order valence-corrected chi connectivity index (χ0v) is 21.4. The van der Waals surface area contributed by atoms with E-state index < -0.39 is 29.4 Å². The molecule has 36 heavy (non-hydrogen) atoms. The summed E-state index contributed by atoms with van der Waals surface area (Å²) in [5.74, 6) is -1.94. The van der Waals surface area contributed by atoms with Gasteiger partial charge in [0.25, 0.3) is 0 Å². The Balaban J connectivity index is 1.28. The molecule has 1 saturated heterocycles. The van der Waals surface area contributed by atoms with Gasteiger partial charge in [0.15, 0.2) is 0 Å². The second-order valence-electron chi connectivity index (χ2n) is 11.1. The number of carbonyl (C=O) groups excluding carboxylic acids is 4. The summed E-state index contributed by atoms with van der Waals surface area (Å²) >= 11 is 0. The van der Waals surface area contributed by atoms with Gasteiger partial charge in [-0.05, 0) is 57.4 Å².